The molecular formula is C17H29N3. The molecule has 2 rings (SSSR count). The molecule has 1 heterocycles. The van der Waals surface area contributed by atoms with Gasteiger partial charge < -0.3 is 10.6 Å². The summed E-state index contributed by atoms with van der Waals surface area (Å²) in [7, 11) is 0. The quantitative estimate of drug-likeness (QED) is 0.866. The molecule has 3 heteroatoms. The number of para-hydroxylation sites is 1. The molecule has 0 aromatic heterocycles. The van der Waals surface area contributed by atoms with Crippen molar-refractivity contribution >= 4 is 5.69 Å². The Morgan fingerprint density at radius 1 is 1.05 bits per heavy atom. The van der Waals surface area contributed by atoms with E-state index in [9.17, 15) is 0 Å². The van der Waals surface area contributed by atoms with Crippen LogP contribution in [-0.2, 0) is 0 Å². The van der Waals surface area contributed by atoms with E-state index < -0.39 is 0 Å². The summed E-state index contributed by atoms with van der Waals surface area (Å²) in [4.78, 5) is 5.08. The molecule has 0 atom stereocenters. The van der Waals surface area contributed by atoms with Crippen LogP contribution in [0.2, 0.25) is 0 Å². The molecule has 112 valence electrons. The molecule has 0 spiro atoms. The Bertz CT molecular complexity index is 380. The van der Waals surface area contributed by atoms with Gasteiger partial charge in [-0.1, -0.05) is 32.0 Å². The average molecular weight is 275 g/mol. The first-order chi connectivity index (χ1) is 9.61. The number of hydrogen-bond donors (Lipinski definition) is 1. The maximum atomic E-state index is 5.79. The fraction of sp³-hybridized carbons (Fsp3) is 0.647. The molecule has 0 amide bonds. The second kappa shape index (κ2) is 7.09. The molecule has 3 nitrogen and oxygen atoms in total. The highest BCUT2D eigenvalue weighted by Crippen LogP contribution is 2.21. The second-order valence-electron chi connectivity index (χ2n) is 6.64. The molecule has 1 aromatic carbocycles. The molecule has 0 aliphatic carbocycles. The normalized spacial score (nSPS) is 17.4. The molecule has 1 aromatic rings. The van der Waals surface area contributed by atoms with E-state index in [1.165, 1.54) is 38.2 Å². The summed E-state index contributed by atoms with van der Waals surface area (Å²) >= 11 is 0. The minimum Gasteiger partial charge on any atom is -0.369 e. The van der Waals surface area contributed by atoms with E-state index in [2.05, 4.69) is 54.0 Å². The van der Waals surface area contributed by atoms with Crippen LogP contribution in [0, 0.1) is 5.41 Å². The Morgan fingerprint density at radius 3 is 2.30 bits per heavy atom. The second-order valence-corrected chi connectivity index (χ2v) is 6.64. The zero-order chi connectivity index (χ0) is 14.4. The van der Waals surface area contributed by atoms with Gasteiger partial charge in [-0.25, -0.2) is 0 Å². The van der Waals surface area contributed by atoms with Crippen molar-refractivity contribution in [1.82, 2.24) is 4.90 Å². The molecule has 2 N–H and O–H groups in total. The zero-order valence-electron chi connectivity index (χ0n) is 13.0. The monoisotopic (exact) mass is 275 g/mol. The molecule has 20 heavy (non-hydrogen) atoms. The van der Waals surface area contributed by atoms with E-state index in [0.717, 1.165) is 19.6 Å². The first-order valence-corrected chi connectivity index (χ1v) is 7.83. The standard InChI is InChI=1S/C17H29N3/c1-17(2,15-18)9-6-10-19-11-13-20(14-12-19)16-7-4-3-5-8-16/h3-5,7-8H,6,9-15,18H2,1-2H3. The summed E-state index contributed by atoms with van der Waals surface area (Å²) in [6, 6.07) is 10.7. The Labute approximate surface area is 123 Å². The zero-order valence-corrected chi connectivity index (χ0v) is 13.0. The van der Waals surface area contributed by atoms with Gasteiger partial charge in [-0.3, -0.25) is 4.90 Å². The fourth-order valence-electron chi connectivity index (χ4n) is 2.75. The van der Waals surface area contributed by atoms with Crippen LogP contribution in [0.3, 0.4) is 0 Å². The number of benzene rings is 1. The lowest BCUT2D eigenvalue weighted by Crippen LogP contribution is -2.46. The lowest BCUT2D eigenvalue weighted by atomic mass is 9.88. The van der Waals surface area contributed by atoms with Gasteiger partial charge in [0.15, 0.2) is 0 Å². The van der Waals surface area contributed by atoms with Crippen LogP contribution < -0.4 is 10.6 Å². The van der Waals surface area contributed by atoms with Gasteiger partial charge in [-0.2, -0.15) is 0 Å². The van der Waals surface area contributed by atoms with E-state index in [1.54, 1.807) is 0 Å². The van der Waals surface area contributed by atoms with Crippen molar-refractivity contribution in [1.29, 1.82) is 0 Å². The molecule has 1 aliphatic heterocycles. The first kappa shape index (κ1) is 15.3. The molecule has 0 bridgehead atoms. The van der Waals surface area contributed by atoms with E-state index >= 15 is 0 Å². The van der Waals surface area contributed by atoms with Crippen LogP contribution in [0.4, 0.5) is 5.69 Å². The van der Waals surface area contributed by atoms with Gasteiger partial charge in [0.1, 0.15) is 0 Å². The van der Waals surface area contributed by atoms with Crippen LogP contribution in [0.25, 0.3) is 0 Å². The number of piperazine rings is 1. The third-order valence-electron chi connectivity index (χ3n) is 4.37. The molecular weight excluding hydrogens is 246 g/mol. The van der Waals surface area contributed by atoms with Gasteiger partial charge in [-0.05, 0) is 43.5 Å². The lowest BCUT2D eigenvalue weighted by Gasteiger charge is -2.36. The van der Waals surface area contributed by atoms with Gasteiger partial charge in [0.25, 0.3) is 0 Å². The highest BCUT2D eigenvalue weighted by atomic mass is 15.3. The molecule has 1 saturated heterocycles. The summed E-state index contributed by atoms with van der Waals surface area (Å²) in [6.07, 6.45) is 2.48. The summed E-state index contributed by atoms with van der Waals surface area (Å²) in [6.45, 7) is 11.2. The van der Waals surface area contributed by atoms with Gasteiger partial charge in [0, 0.05) is 31.9 Å². The van der Waals surface area contributed by atoms with Gasteiger partial charge in [-0.15, -0.1) is 0 Å². The molecule has 1 aliphatic rings. The minimum atomic E-state index is 0.297. The third kappa shape index (κ3) is 4.50. The molecule has 0 unspecified atom stereocenters. The van der Waals surface area contributed by atoms with Gasteiger partial charge in [0.2, 0.25) is 0 Å². The van der Waals surface area contributed by atoms with E-state index in [-0.39, 0.29) is 0 Å². The van der Waals surface area contributed by atoms with Gasteiger partial charge >= 0.3 is 0 Å². The SMILES string of the molecule is CC(C)(CN)CCCN1CCN(c2ccccc2)CC1. The highest BCUT2D eigenvalue weighted by Gasteiger charge is 2.19. The van der Waals surface area contributed by atoms with Crippen LogP contribution in [0.5, 0.6) is 0 Å². The number of hydrogen-bond acceptors (Lipinski definition) is 3. The summed E-state index contributed by atoms with van der Waals surface area (Å²) in [5, 5.41) is 0. The predicted octanol–water partition coefficient (Wildman–Crippen LogP) is 2.57. The smallest absolute Gasteiger partial charge is 0.0367 e. The topological polar surface area (TPSA) is 32.5 Å². The number of anilines is 1. The predicted molar refractivity (Wildman–Crippen MR) is 87.2 cm³/mol. The van der Waals surface area contributed by atoms with Crippen LogP contribution in [0.1, 0.15) is 26.7 Å². The summed E-state index contributed by atoms with van der Waals surface area (Å²) in [5.41, 5.74) is 7.44. The van der Waals surface area contributed by atoms with Gasteiger partial charge in [0.05, 0.1) is 0 Å². The Hall–Kier alpha value is -1.06. The molecule has 0 radical (unpaired) electrons. The number of rotatable bonds is 6. The molecule has 0 saturated carbocycles. The number of nitrogens with zero attached hydrogens (tertiary/aromatic N) is 2. The van der Waals surface area contributed by atoms with E-state index in [4.69, 9.17) is 5.73 Å². The summed E-state index contributed by atoms with van der Waals surface area (Å²) < 4.78 is 0. The van der Waals surface area contributed by atoms with Crippen LogP contribution in [-0.4, -0.2) is 44.2 Å². The van der Waals surface area contributed by atoms with Crippen molar-refractivity contribution in [3.63, 3.8) is 0 Å². The Morgan fingerprint density at radius 2 is 1.70 bits per heavy atom. The van der Waals surface area contributed by atoms with E-state index in [1.807, 2.05) is 0 Å². The Balaban J connectivity index is 1.70. The first-order valence-electron chi connectivity index (χ1n) is 7.83. The molecule has 1 fully saturated rings. The Kier molecular flexibility index (Phi) is 5.44. The summed E-state index contributed by atoms with van der Waals surface area (Å²) in [5.74, 6) is 0. The third-order valence-corrected chi connectivity index (χ3v) is 4.37. The fourth-order valence-corrected chi connectivity index (χ4v) is 2.75. The van der Waals surface area contributed by atoms with Crippen molar-refractivity contribution in [3.8, 4) is 0 Å². The maximum absolute atomic E-state index is 5.79. The highest BCUT2D eigenvalue weighted by molar-refractivity contribution is 5.46. The maximum Gasteiger partial charge on any atom is 0.0367 e. The van der Waals surface area contributed by atoms with Crippen molar-refractivity contribution in [2.75, 3.05) is 44.2 Å². The van der Waals surface area contributed by atoms with Crippen molar-refractivity contribution in [2.24, 2.45) is 11.1 Å². The average Bonchev–Trinajstić information content (AvgIpc) is 2.49. The lowest BCUT2D eigenvalue weighted by molar-refractivity contribution is 0.232. The van der Waals surface area contributed by atoms with Crippen LogP contribution >= 0.6 is 0 Å². The number of nitrogens with two attached hydrogens (primary N) is 1. The largest absolute Gasteiger partial charge is 0.369 e. The minimum absolute atomic E-state index is 0.297. The van der Waals surface area contributed by atoms with Crippen molar-refractivity contribution < 1.29 is 0 Å². The van der Waals surface area contributed by atoms with Crippen LogP contribution in [0.15, 0.2) is 30.3 Å². The van der Waals surface area contributed by atoms with Crippen molar-refractivity contribution in [2.45, 2.75) is 26.7 Å². The van der Waals surface area contributed by atoms with Crippen molar-refractivity contribution in [3.05, 3.63) is 30.3 Å². The van der Waals surface area contributed by atoms with E-state index in [0.29, 0.717) is 5.41 Å².